The van der Waals surface area contributed by atoms with E-state index in [2.05, 4.69) is 13.8 Å². The number of hydrogen-bond donors (Lipinski definition) is 0. The van der Waals surface area contributed by atoms with E-state index in [1.165, 1.54) is 76.2 Å². The molecule has 0 saturated carbocycles. The van der Waals surface area contributed by atoms with E-state index in [0.717, 1.165) is 25.7 Å². The molecule has 0 aliphatic carbocycles. The summed E-state index contributed by atoms with van der Waals surface area (Å²) >= 11 is 0. The number of rotatable bonds is 18. The monoisotopic (exact) mass is 410 g/mol. The third-order valence-corrected chi connectivity index (χ3v) is 6.59. The van der Waals surface area contributed by atoms with Crippen molar-refractivity contribution in [2.75, 3.05) is 6.61 Å². The van der Waals surface area contributed by atoms with E-state index < -0.39 is 10.1 Å². The number of benzene rings is 1. The number of hydrogen-bond acceptors (Lipinski definition) is 3. The second-order valence-electron chi connectivity index (χ2n) is 7.91. The lowest BCUT2D eigenvalue weighted by molar-refractivity contribution is 0.306. The molecule has 0 unspecified atom stereocenters. The summed E-state index contributed by atoms with van der Waals surface area (Å²) in [5.41, 5.74) is 1.21. The van der Waals surface area contributed by atoms with Crippen molar-refractivity contribution in [2.45, 2.75) is 115 Å². The van der Waals surface area contributed by atoms with Gasteiger partial charge in [-0.15, -0.1) is 0 Å². The molecule has 1 aromatic carbocycles. The summed E-state index contributed by atoms with van der Waals surface area (Å²) in [4.78, 5) is 0.277. The molecule has 0 amide bonds. The van der Waals surface area contributed by atoms with Crippen molar-refractivity contribution in [3.8, 4) is 0 Å². The third kappa shape index (κ3) is 11.9. The van der Waals surface area contributed by atoms with Gasteiger partial charge in [0.2, 0.25) is 0 Å². The van der Waals surface area contributed by atoms with E-state index in [0.29, 0.717) is 0 Å². The molecular formula is C24H42O3S. The van der Waals surface area contributed by atoms with Gasteiger partial charge in [-0.2, -0.15) is 8.42 Å². The molecule has 0 heterocycles. The van der Waals surface area contributed by atoms with Crippen LogP contribution in [0.4, 0.5) is 0 Å². The van der Waals surface area contributed by atoms with Crippen molar-refractivity contribution in [1.82, 2.24) is 0 Å². The van der Waals surface area contributed by atoms with E-state index in [1.54, 1.807) is 12.1 Å². The van der Waals surface area contributed by atoms with Crippen LogP contribution in [-0.2, 0) is 20.7 Å². The van der Waals surface area contributed by atoms with E-state index in [-0.39, 0.29) is 11.5 Å². The highest BCUT2D eigenvalue weighted by molar-refractivity contribution is 7.86. The van der Waals surface area contributed by atoms with Crippen molar-refractivity contribution in [1.29, 1.82) is 0 Å². The highest BCUT2D eigenvalue weighted by atomic mass is 32.2. The average molecular weight is 411 g/mol. The Labute approximate surface area is 174 Å². The van der Waals surface area contributed by atoms with E-state index in [4.69, 9.17) is 4.18 Å². The van der Waals surface area contributed by atoms with E-state index in [1.807, 2.05) is 12.1 Å². The molecule has 0 aliphatic heterocycles. The quantitative estimate of drug-likeness (QED) is 0.187. The molecule has 0 spiro atoms. The largest absolute Gasteiger partial charge is 0.296 e. The van der Waals surface area contributed by atoms with Crippen LogP contribution in [0.1, 0.15) is 109 Å². The minimum Gasteiger partial charge on any atom is -0.266 e. The highest BCUT2D eigenvalue weighted by Crippen LogP contribution is 2.17. The Hall–Kier alpha value is -0.870. The van der Waals surface area contributed by atoms with Crippen LogP contribution in [0, 0.1) is 0 Å². The van der Waals surface area contributed by atoms with Crippen molar-refractivity contribution >= 4 is 10.1 Å². The molecule has 1 rings (SSSR count). The Morgan fingerprint density at radius 2 is 1.11 bits per heavy atom. The minimum atomic E-state index is -3.62. The van der Waals surface area contributed by atoms with Gasteiger partial charge in [-0.25, -0.2) is 0 Å². The van der Waals surface area contributed by atoms with Gasteiger partial charge >= 0.3 is 0 Å². The van der Waals surface area contributed by atoms with E-state index >= 15 is 0 Å². The summed E-state index contributed by atoms with van der Waals surface area (Å²) in [5, 5.41) is 0. The van der Waals surface area contributed by atoms with Crippen molar-refractivity contribution in [3.05, 3.63) is 29.8 Å². The maximum absolute atomic E-state index is 12.3. The van der Waals surface area contributed by atoms with Gasteiger partial charge in [-0.3, -0.25) is 4.18 Å². The molecule has 0 aromatic heterocycles. The smallest absolute Gasteiger partial charge is 0.266 e. The molecule has 28 heavy (non-hydrogen) atoms. The minimum absolute atomic E-state index is 0.277. The zero-order valence-electron chi connectivity index (χ0n) is 18.3. The topological polar surface area (TPSA) is 43.4 Å². The Kier molecular flexibility index (Phi) is 14.4. The van der Waals surface area contributed by atoms with E-state index in [9.17, 15) is 8.42 Å². The lowest BCUT2D eigenvalue weighted by Gasteiger charge is -2.07. The van der Waals surface area contributed by atoms with Crippen LogP contribution in [0.25, 0.3) is 0 Å². The molecule has 0 aliphatic rings. The second-order valence-corrected chi connectivity index (χ2v) is 9.53. The first-order valence-electron chi connectivity index (χ1n) is 11.6. The predicted molar refractivity (Wildman–Crippen MR) is 119 cm³/mol. The Morgan fingerprint density at radius 1 is 0.643 bits per heavy atom. The van der Waals surface area contributed by atoms with Crippen LogP contribution in [0.3, 0.4) is 0 Å². The lowest BCUT2D eigenvalue weighted by atomic mass is 10.0. The van der Waals surface area contributed by atoms with Gasteiger partial charge in [0.25, 0.3) is 10.1 Å². The van der Waals surface area contributed by atoms with Crippen LogP contribution >= 0.6 is 0 Å². The molecule has 162 valence electrons. The highest BCUT2D eigenvalue weighted by Gasteiger charge is 2.14. The molecular weight excluding hydrogens is 368 g/mol. The number of aryl methyl sites for hydroxylation is 1. The predicted octanol–water partition coefficient (Wildman–Crippen LogP) is 7.44. The first-order chi connectivity index (χ1) is 13.6. The maximum Gasteiger partial charge on any atom is 0.296 e. The second kappa shape index (κ2) is 16.0. The SMILES string of the molecule is CCCCCCCCCOS(=O)(=O)c1ccc(CCCCCCCCC)cc1. The van der Waals surface area contributed by atoms with Gasteiger partial charge in [-0.05, 0) is 37.0 Å². The lowest BCUT2D eigenvalue weighted by Crippen LogP contribution is -2.07. The Bertz CT molecular complexity index is 578. The molecule has 3 nitrogen and oxygen atoms in total. The van der Waals surface area contributed by atoms with Crippen LogP contribution in [0.2, 0.25) is 0 Å². The summed E-state index contributed by atoms with van der Waals surface area (Å²) in [6, 6.07) is 7.25. The average Bonchev–Trinajstić information content (AvgIpc) is 2.69. The summed E-state index contributed by atoms with van der Waals surface area (Å²) in [7, 11) is -3.62. The van der Waals surface area contributed by atoms with Crippen molar-refractivity contribution < 1.29 is 12.6 Å². The van der Waals surface area contributed by atoms with Crippen LogP contribution < -0.4 is 0 Å². The zero-order chi connectivity index (χ0) is 20.5. The Balaban J connectivity index is 2.21. The normalized spacial score (nSPS) is 11.8. The zero-order valence-corrected chi connectivity index (χ0v) is 19.1. The van der Waals surface area contributed by atoms with Crippen molar-refractivity contribution in [3.63, 3.8) is 0 Å². The first-order valence-corrected chi connectivity index (χ1v) is 13.0. The van der Waals surface area contributed by atoms with Gasteiger partial charge in [-0.1, -0.05) is 103 Å². The molecule has 0 bridgehead atoms. The van der Waals surface area contributed by atoms with Gasteiger partial charge < -0.3 is 0 Å². The van der Waals surface area contributed by atoms with Gasteiger partial charge in [0.15, 0.2) is 0 Å². The molecule has 0 radical (unpaired) electrons. The molecule has 4 heteroatoms. The number of unbranched alkanes of at least 4 members (excludes halogenated alkanes) is 12. The molecule has 0 N–H and O–H groups in total. The van der Waals surface area contributed by atoms with Gasteiger partial charge in [0.1, 0.15) is 0 Å². The molecule has 0 fully saturated rings. The van der Waals surface area contributed by atoms with Gasteiger partial charge in [0.05, 0.1) is 11.5 Å². The first kappa shape index (κ1) is 25.2. The fourth-order valence-electron chi connectivity index (χ4n) is 3.40. The maximum atomic E-state index is 12.3. The summed E-state index contributed by atoms with van der Waals surface area (Å²) in [6.07, 6.45) is 18.1. The standard InChI is InChI=1S/C24H42O3S/c1-3-5-7-9-11-13-15-17-23-18-20-24(21-19-23)28(25,26)27-22-16-14-12-10-8-6-4-2/h18-21H,3-17,22H2,1-2H3. The van der Waals surface area contributed by atoms with Gasteiger partial charge in [0, 0.05) is 0 Å². The van der Waals surface area contributed by atoms with Crippen LogP contribution in [0.5, 0.6) is 0 Å². The van der Waals surface area contributed by atoms with Crippen LogP contribution in [0.15, 0.2) is 29.2 Å². The fourth-order valence-corrected chi connectivity index (χ4v) is 4.35. The fraction of sp³-hybridized carbons (Fsp3) is 0.750. The molecule has 1 aromatic rings. The molecule has 0 atom stereocenters. The van der Waals surface area contributed by atoms with Crippen LogP contribution in [-0.4, -0.2) is 15.0 Å². The summed E-state index contributed by atoms with van der Waals surface area (Å²) < 4.78 is 29.8. The van der Waals surface area contributed by atoms with Crippen molar-refractivity contribution in [2.24, 2.45) is 0 Å². The molecule has 0 saturated heterocycles. The third-order valence-electron chi connectivity index (χ3n) is 5.27. The summed E-state index contributed by atoms with van der Waals surface area (Å²) in [5.74, 6) is 0. The Morgan fingerprint density at radius 3 is 1.64 bits per heavy atom. The summed E-state index contributed by atoms with van der Waals surface area (Å²) in [6.45, 7) is 4.74.